The summed E-state index contributed by atoms with van der Waals surface area (Å²) in [5.41, 5.74) is 1.70. The topological polar surface area (TPSA) is 66.9 Å². The smallest absolute Gasteiger partial charge is 0.416 e. The molecule has 0 radical (unpaired) electrons. The molecule has 2 heterocycles. The number of ether oxygens (including phenoxy) is 4. The first-order chi connectivity index (χ1) is 20.2. The normalized spacial score (nSPS) is 16.3. The standard InChI is InChI=1S/C31H36F3NO5S2/c1-4-8-22-17-24(14-15-26(22)40-20(3)30(36)37-5-2)41-19-27-25(18-39-28-9-6-7-16-38-28)35-29(42-27)21-10-12-23(13-11-21)31(32,33)34/h10-15,17,20,28H,4-9,16,18-19H2,1-3H3. The van der Waals surface area contributed by atoms with Gasteiger partial charge in [-0.15, -0.1) is 23.1 Å². The molecule has 1 aromatic heterocycles. The monoisotopic (exact) mass is 623 g/mol. The third-order valence-corrected chi connectivity index (χ3v) is 8.97. The van der Waals surface area contributed by atoms with Gasteiger partial charge in [-0.2, -0.15) is 13.2 Å². The van der Waals surface area contributed by atoms with E-state index in [9.17, 15) is 18.0 Å². The van der Waals surface area contributed by atoms with Crippen LogP contribution in [0, 0.1) is 0 Å². The minimum absolute atomic E-state index is 0.261. The summed E-state index contributed by atoms with van der Waals surface area (Å²) in [6.45, 7) is 6.74. The molecule has 2 aromatic carbocycles. The first-order valence-electron chi connectivity index (χ1n) is 14.2. The Bertz CT molecular complexity index is 1310. The molecule has 4 rings (SSSR count). The third kappa shape index (κ3) is 8.95. The largest absolute Gasteiger partial charge is 0.479 e. The molecule has 0 spiro atoms. The van der Waals surface area contributed by atoms with Crippen LogP contribution in [-0.2, 0) is 44.0 Å². The van der Waals surface area contributed by atoms with Gasteiger partial charge in [-0.05, 0) is 75.4 Å². The molecule has 1 aliphatic rings. The molecule has 1 aliphatic heterocycles. The fraction of sp³-hybridized carbons (Fsp3) is 0.484. The van der Waals surface area contributed by atoms with Gasteiger partial charge < -0.3 is 18.9 Å². The minimum Gasteiger partial charge on any atom is -0.479 e. The molecule has 1 fully saturated rings. The molecule has 0 saturated carbocycles. The van der Waals surface area contributed by atoms with Gasteiger partial charge in [0, 0.05) is 27.7 Å². The summed E-state index contributed by atoms with van der Waals surface area (Å²) in [5, 5.41) is 0.644. The van der Waals surface area contributed by atoms with Crippen molar-refractivity contribution in [2.45, 2.75) is 88.7 Å². The maximum atomic E-state index is 13.1. The van der Waals surface area contributed by atoms with Crippen molar-refractivity contribution in [2.75, 3.05) is 13.2 Å². The SMILES string of the molecule is CCCc1cc(SCc2sc(-c3ccc(C(F)(F)F)cc3)nc2COC2CCCCO2)ccc1OC(C)C(=O)OCC. The number of rotatable bonds is 13. The second-order valence-corrected chi connectivity index (χ2v) is 12.0. The van der Waals surface area contributed by atoms with Crippen LogP contribution in [0.4, 0.5) is 13.2 Å². The summed E-state index contributed by atoms with van der Waals surface area (Å²) < 4.78 is 62.0. The second-order valence-electron chi connectivity index (χ2n) is 9.89. The molecule has 42 heavy (non-hydrogen) atoms. The lowest BCUT2D eigenvalue weighted by Crippen LogP contribution is -2.26. The number of esters is 1. The Morgan fingerprint density at radius 1 is 1.17 bits per heavy atom. The highest BCUT2D eigenvalue weighted by Crippen LogP contribution is 2.37. The minimum atomic E-state index is -4.39. The van der Waals surface area contributed by atoms with Crippen LogP contribution in [0.15, 0.2) is 47.4 Å². The van der Waals surface area contributed by atoms with Gasteiger partial charge in [0.1, 0.15) is 10.8 Å². The average Bonchev–Trinajstić information content (AvgIpc) is 3.39. The average molecular weight is 624 g/mol. The molecule has 3 aromatic rings. The molecule has 0 aliphatic carbocycles. The first kappa shape index (κ1) is 32.3. The lowest BCUT2D eigenvalue weighted by Gasteiger charge is -2.22. The fourth-order valence-corrected chi connectivity index (χ4v) is 6.55. The van der Waals surface area contributed by atoms with Gasteiger partial charge >= 0.3 is 12.1 Å². The highest BCUT2D eigenvalue weighted by Gasteiger charge is 2.30. The molecule has 1 saturated heterocycles. The van der Waals surface area contributed by atoms with E-state index in [-0.39, 0.29) is 12.9 Å². The number of carbonyl (C=O) groups is 1. The first-order valence-corrected chi connectivity index (χ1v) is 16.0. The van der Waals surface area contributed by atoms with Crippen molar-refractivity contribution in [3.05, 3.63) is 64.2 Å². The number of carbonyl (C=O) groups excluding carboxylic acids is 1. The Labute approximate surface area is 252 Å². The maximum absolute atomic E-state index is 13.1. The van der Waals surface area contributed by atoms with Crippen LogP contribution in [0.1, 0.15) is 68.2 Å². The summed E-state index contributed by atoms with van der Waals surface area (Å²) in [6.07, 6.45) is -0.805. The van der Waals surface area contributed by atoms with Crippen molar-refractivity contribution in [3.8, 4) is 16.3 Å². The van der Waals surface area contributed by atoms with Crippen molar-refractivity contribution >= 4 is 29.1 Å². The third-order valence-electron chi connectivity index (χ3n) is 6.62. The van der Waals surface area contributed by atoms with Crippen LogP contribution in [0.3, 0.4) is 0 Å². The Balaban J connectivity index is 1.52. The van der Waals surface area contributed by atoms with Crippen LogP contribution in [0.5, 0.6) is 5.75 Å². The lowest BCUT2D eigenvalue weighted by molar-refractivity contribution is -0.169. The Kier molecular flexibility index (Phi) is 11.7. The quantitative estimate of drug-likeness (QED) is 0.140. The van der Waals surface area contributed by atoms with Crippen molar-refractivity contribution in [3.63, 3.8) is 0 Å². The van der Waals surface area contributed by atoms with E-state index in [2.05, 4.69) is 13.0 Å². The lowest BCUT2D eigenvalue weighted by atomic mass is 10.1. The molecule has 2 atom stereocenters. The molecular weight excluding hydrogens is 587 g/mol. The zero-order valence-corrected chi connectivity index (χ0v) is 25.6. The summed E-state index contributed by atoms with van der Waals surface area (Å²) in [4.78, 5) is 18.9. The number of hydrogen-bond acceptors (Lipinski definition) is 8. The summed E-state index contributed by atoms with van der Waals surface area (Å²) >= 11 is 3.09. The van der Waals surface area contributed by atoms with Gasteiger partial charge in [0.2, 0.25) is 0 Å². The predicted molar refractivity (Wildman–Crippen MR) is 158 cm³/mol. The van der Waals surface area contributed by atoms with Crippen molar-refractivity contribution < 1.29 is 36.9 Å². The van der Waals surface area contributed by atoms with Gasteiger partial charge in [0.15, 0.2) is 12.4 Å². The van der Waals surface area contributed by atoms with E-state index >= 15 is 0 Å². The number of hydrogen-bond donors (Lipinski definition) is 0. The van der Waals surface area contributed by atoms with E-state index in [1.54, 1.807) is 25.6 Å². The molecule has 6 nitrogen and oxygen atoms in total. The maximum Gasteiger partial charge on any atom is 0.416 e. The van der Waals surface area contributed by atoms with Gasteiger partial charge in [-0.1, -0.05) is 25.5 Å². The number of aryl methyl sites for hydroxylation is 1. The predicted octanol–water partition coefficient (Wildman–Crippen LogP) is 8.45. The van der Waals surface area contributed by atoms with Gasteiger partial charge in [0.25, 0.3) is 0 Å². The van der Waals surface area contributed by atoms with E-state index in [1.165, 1.54) is 23.5 Å². The van der Waals surface area contributed by atoms with E-state index in [1.807, 2.05) is 12.1 Å². The van der Waals surface area contributed by atoms with E-state index < -0.39 is 23.8 Å². The number of halogens is 3. The van der Waals surface area contributed by atoms with Crippen molar-refractivity contribution in [2.24, 2.45) is 0 Å². The van der Waals surface area contributed by atoms with Gasteiger partial charge in [-0.25, -0.2) is 9.78 Å². The zero-order chi connectivity index (χ0) is 30.1. The number of aromatic nitrogens is 1. The van der Waals surface area contributed by atoms with Crippen LogP contribution >= 0.6 is 23.1 Å². The van der Waals surface area contributed by atoms with E-state index in [4.69, 9.17) is 23.9 Å². The summed E-state index contributed by atoms with van der Waals surface area (Å²) in [7, 11) is 0. The molecule has 2 unspecified atom stereocenters. The van der Waals surface area contributed by atoms with Crippen molar-refractivity contribution in [1.29, 1.82) is 0 Å². The van der Waals surface area contributed by atoms with Crippen LogP contribution in [0.25, 0.3) is 10.6 Å². The fourth-order valence-electron chi connectivity index (χ4n) is 4.42. The van der Waals surface area contributed by atoms with Gasteiger partial charge in [0.05, 0.1) is 24.5 Å². The van der Waals surface area contributed by atoms with Crippen LogP contribution in [-0.4, -0.2) is 36.6 Å². The second kappa shape index (κ2) is 15.2. The Morgan fingerprint density at radius 3 is 2.62 bits per heavy atom. The Hall–Kier alpha value is -2.60. The highest BCUT2D eigenvalue weighted by molar-refractivity contribution is 7.98. The number of alkyl halides is 3. The molecule has 228 valence electrons. The van der Waals surface area contributed by atoms with E-state index in [0.29, 0.717) is 35.3 Å². The summed E-state index contributed by atoms with van der Waals surface area (Å²) in [6, 6.07) is 11.0. The molecule has 0 amide bonds. The Morgan fingerprint density at radius 2 is 1.95 bits per heavy atom. The molecular formula is C31H36F3NO5S2. The summed E-state index contributed by atoms with van der Waals surface area (Å²) in [5.74, 6) is 0.861. The van der Waals surface area contributed by atoms with Crippen molar-refractivity contribution in [1.82, 2.24) is 4.98 Å². The molecule has 0 N–H and O–H groups in total. The highest BCUT2D eigenvalue weighted by atomic mass is 32.2. The van der Waals surface area contributed by atoms with Gasteiger partial charge in [-0.3, -0.25) is 0 Å². The number of benzene rings is 2. The molecule has 0 bridgehead atoms. The number of nitrogens with zero attached hydrogens (tertiary/aromatic N) is 1. The molecule has 11 heteroatoms. The zero-order valence-electron chi connectivity index (χ0n) is 24.0. The number of thiazole rings is 1. The van der Waals surface area contributed by atoms with Crippen LogP contribution in [0.2, 0.25) is 0 Å². The van der Waals surface area contributed by atoms with Crippen LogP contribution < -0.4 is 4.74 Å². The van der Waals surface area contributed by atoms with E-state index in [0.717, 1.165) is 65.3 Å². The number of thioether (sulfide) groups is 1.